The second-order valence-corrected chi connectivity index (χ2v) is 5.47. The Bertz CT molecular complexity index is 796. The molecule has 0 bridgehead atoms. The third-order valence-corrected chi connectivity index (χ3v) is 3.68. The van der Waals surface area contributed by atoms with Gasteiger partial charge in [-0.15, -0.1) is 0 Å². The summed E-state index contributed by atoms with van der Waals surface area (Å²) in [7, 11) is 0. The third kappa shape index (κ3) is 4.01. The summed E-state index contributed by atoms with van der Waals surface area (Å²) in [5, 5.41) is 2.86. The summed E-state index contributed by atoms with van der Waals surface area (Å²) in [5.74, 6) is 0.592. The molecule has 0 saturated carbocycles. The summed E-state index contributed by atoms with van der Waals surface area (Å²) in [4.78, 5) is 15.9. The molecule has 24 heavy (non-hydrogen) atoms. The van der Waals surface area contributed by atoms with Gasteiger partial charge in [0.25, 0.3) is 5.91 Å². The molecular formula is C19H19N3O2. The maximum absolute atomic E-state index is 11.9. The predicted octanol–water partition coefficient (Wildman–Crippen LogP) is 2.88. The SMILES string of the molecule is Cc1ccccc1OCC(=O)NCc1ccc(-n2ccnc2)cc1. The van der Waals surface area contributed by atoms with Crippen LogP contribution >= 0.6 is 0 Å². The topological polar surface area (TPSA) is 56.1 Å². The quantitative estimate of drug-likeness (QED) is 0.759. The fraction of sp³-hybridized carbons (Fsp3) is 0.158. The van der Waals surface area contributed by atoms with Crippen LogP contribution < -0.4 is 10.1 Å². The number of nitrogens with zero attached hydrogens (tertiary/aromatic N) is 2. The van der Waals surface area contributed by atoms with Gasteiger partial charge in [0.05, 0.1) is 6.33 Å². The molecule has 0 aliphatic rings. The molecule has 1 heterocycles. The fourth-order valence-corrected chi connectivity index (χ4v) is 2.31. The van der Waals surface area contributed by atoms with Crippen molar-refractivity contribution in [3.63, 3.8) is 0 Å². The Morgan fingerprint density at radius 2 is 1.96 bits per heavy atom. The fourth-order valence-electron chi connectivity index (χ4n) is 2.31. The van der Waals surface area contributed by atoms with Crippen molar-refractivity contribution >= 4 is 5.91 Å². The lowest BCUT2D eigenvalue weighted by molar-refractivity contribution is -0.123. The molecule has 0 aliphatic carbocycles. The van der Waals surface area contributed by atoms with Crippen molar-refractivity contribution in [1.29, 1.82) is 0 Å². The van der Waals surface area contributed by atoms with Crippen LogP contribution in [0.1, 0.15) is 11.1 Å². The molecule has 122 valence electrons. The molecule has 0 unspecified atom stereocenters. The zero-order chi connectivity index (χ0) is 16.8. The number of amides is 1. The molecule has 2 aromatic carbocycles. The molecule has 0 aliphatic heterocycles. The average molecular weight is 321 g/mol. The standard InChI is InChI=1S/C19H19N3O2/c1-15-4-2-3-5-18(15)24-13-19(23)21-12-16-6-8-17(9-7-16)22-11-10-20-14-22/h2-11,14H,12-13H2,1H3,(H,21,23). The van der Waals surface area contributed by atoms with E-state index in [9.17, 15) is 4.79 Å². The molecule has 0 atom stereocenters. The van der Waals surface area contributed by atoms with E-state index in [2.05, 4.69) is 10.3 Å². The first-order valence-electron chi connectivity index (χ1n) is 7.75. The summed E-state index contributed by atoms with van der Waals surface area (Å²) in [6, 6.07) is 15.6. The van der Waals surface area contributed by atoms with Gasteiger partial charge in [0, 0.05) is 24.6 Å². The van der Waals surface area contributed by atoms with Crippen LogP contribution in [0.5, 0.6) is 5.75 Å². The molecule has 3 rings (SSSR count). The minimum absolute atomic E-state index is 0.0119. The molecule has 0 fully saturated rings. The third-order valence-electron chi connectivity index (χ3n) is 3.68. The maximum Gasteiger partial charge on any atom is 0.258 e. The normalized spacial score (nSPS) is 10.4. The van der Waals surface area contributed by atoms with Crippen LogP contribution in [0.3, 0.4) is 0 Å². The van der Waals surface area contributed by atoms with E-state index in [1.54, 1.807) is 12.5 Å². The van der Waals surface area contributed by atoms with Gasteiger partial charge in [-0.05, 0) is 36.2 Å². The lowest BCUT2D eigenvalue weighted by atomic mass is 10.2. The Balaban J connectivity index is 1.48. The lowest BCUT2D eigenvalue weighted by Crippen LogP contribution is -2.28. The number of carbonyl (C=O) groups is 1. The summed E-state index contributed by atoms with van der Waals surface area (Å²) < 4.78 is 7.46. The van der Waals surface area contributed by atoms with E-state index in [1.165, 1.54) is 0 Å². The molecule has 5 heteroatoms. The van der Waals surface area contributed by atoms with E-state index in [0.717, 1.165) is 22.6 Å². The molecule has 1 amide bonds. The van der Waals surface area contributed by atoms with Crippen molar-refractivity contribution < 1.29 is 9.53 Å². The van der Waals surface area contributed by atoms with Gasteiger partial charge < -0.3 is 14.6 Å². The number of benzene rings is 2. The van der Waals surface area contributed by atoms with Crippen LogP contribution in [-0.4, -0.2) is 22.1 Å². The van der Waals surface area contributed by atoms with E-state index >= 15 is 0 Å². The second-order valence-electron chi connectivity index (χ2n) is 5.47. The minimum atomic E-state index is -0.142. The first-order valence-corrected chi connectivity index (χ1v) is 7.75. The first kappa shape index (κ1) is 15.8. The number of hydrogen-bond donors (Lipinski definition) is 1. The molecule has 3 aromatic rings. The van der Waals surface area contributed by atoms with E-state index in [4.69, 9.17) is 4.74 Å². The second kappa shape index (κ2) is 7.46. The van der Waals surface area contributed by atoms with Crippen LogP contribution in [-0.2, 0) is 11.3 Å². The van der Waals surface area contributed by atoms with Crippen molar-refractivity contribution in [2.24, 2.45) is 0 Å². The van der Waals surface area contributed by atoms with Crippen molar-refractivity contribution in [2.45, 2.75) is 13.5 Å². The van der Waals surface area contributed by atoms with Gasteiger partial charge in [0.1, 0.15) is 5.75 Å². The van der Waals surface area contributed by atoms with Gasteiger partial charge in [-0.25, -0.2) is 4.98 Å². The summed E-state index contributed by atoms with van der Waals surface area (Å²) in [6.45, 7) is 2.44. The van der Waals surface area contributed by atoms with E-state index in [-0.39, 0.29) is 12.5 Å². The average Bonchev–Trinajstić information content (AvgIpc) is 3.14. The number of carbonyl (C=O) groups excluding carboxylic acids is 1. The van der Waals surface area contributed by atoms with E-state index < -0.39 is 0 Å². The zero-order valence-electron chi connectivity index (χ0n) is 13.5. The minimum Gasteiger partial charge on any atom is -0.484 e. The Kier molecular flexibility index (Phi) is 4.91. The predicted molar refractivity (Wildman–Crippen MR) is 92.1 cm³/mol. The number of imidazole rings is 1. The van der Waals surface area contributed by atoms with Gasteiger partial charge in [0.15, 0.2) is 6.61 Å². The van der Waals surface area contributed by atoms with Crippen LogP contribution in [0.15, 0.2) is 67.3 Å². The van der Waals surface area contributed by atoms with Gasteiger partial charge in [0.2, 0.25) is 0 Å². The molecular weight excluding hydrogens is 302 g/mol. The van der Waals surface area contributed by atoms with E-state index in [0.29, 0.717) is 6.54 Å². The van der Waals surface area contributed by atoms with Crippen molar-refractivity contribution in [1.82, 2.24) is 14.9 Å². The highest BCUT2D eigenvalue weighted by Crippen LogP contribution is 2.15. The van der Waals surface area contributed by atoms with Crippen molar-refractivity contribution in [2.75, 3.05) is 6.61 Å². The zero-order valence-corrected chi connectivity index (χ0v) is 13.5. The first-order chi connectivity index (χ1) is 11.7. The Morgan fingerprint density at radius 3 is 2.67 bits per heavy atom. The highest BCUT2D eigenvalue weighted by atomic mass is 16.5. The number of aryl methyl sites for hydroxylation is 1. The highest BCUT2D eigenvalue weighted by Gasteiger charge is 2.04. The van der Waals surface area contributed by atoms with Crippen LogP contribution in [0.25, 0.3) is 5.69 Å². The molecule has 1 N–H and O–H groups in total. The molecule has 0 spiro atoms. The Morgan fingerprint density at radius 1 is 1.17 bits per heavy atom. The van der Waals surface area contributed by atoms with Gasteiger partial charge in [-0.3, -0.25) is 4.79 Å². The molecule has 5 nitrogen and oxygen atoms in total. The van der Waals surface area contributed by atoms with Crippen molar-refractivity contribution in [3.8, 4) is 11.4 Å². The monoisotopic (exact) mass is 321 g/mol. The maximum atomic E-state index is 11.9. The van der Waals surface area contributed by atoms with Gasteiger partial charge >= 0.3 is 0 Å². The lowest BCUT2D eigenvalue weighted by Gasteiger charge is -2.10. The highest BCUT2D eigenvalue weighted by molar-refractivity contribution is 5.77. The largest absolute Gasteiger partial charge is 0.484 e. The number of rotatable bonds is 6. The smallest absolute Gasteiger partial charge is 0.258 e. The van der Waals surface area contributed by atoms with Crippen LogP contribution in [0, 0.1) is 6.92 Å². The summed E-state index contributed by atoms with van der Waals surface area (Å²) in [6.07, 6.45) is 5.38. The van der Waals surface area contributed by atoms with E-state index in [1.807, 2.05) is 66.2 Å². The molecule has 1 aromatic heterocycles. The number of aromatic nitrogens is 2. The number of para-hydroxylation sites is 1. The van der Waals surface area contributed by atoms with Gasteiger partial charge in [-0.1, -0.05) is 30.3 Å². The Hall–Kier alpha value is -3.08. The number of ether oxygens (including phenoxy) is 1. The van der Waals surface area contributed by atoms with Crippen LogP contribution in [0.4, 0.5) is 0 Å². The van der Waals surface area contributed by atoms with Crippen LogP contribution in [0.2, 0.25) is 0 Å². The summed E-state index contributed by atoms with van der Waals surface area (Å²) >= 11 is 0. The van der Waals surface area contributed by atoms with Crippen molar-refractivity contribution in [3.05, 3.63) is 78.4 Å². The number of hydrogen-bond acceptors (Lipinski definition) is 3. The number of nitrogens with one attached hydrogen (secondary N) is 1. The van der Waals surface area contributed by atoms with Gasteiger partial charge in [-0.2, -0.15) is 0 Å². The summed E-state index contributed by atoms with van der Waals surface area (Å²) in [5.41, 5.74) is 3.08. The Labute approximate surface area is 140 Å². The molecule has 0 saturated heterocycles. The molecule has 0 radical (unpaired) electrons.